The fourth-order valence-electron chi connectivity index (χ4n) is 4.11. The Labute approximate surface area is 228 Å². The molecule has 7 nitrogen and oxygen atoms in total. The normalized spacial score (nSPS) is 10.9. The zero-order chi connectivity index (χ0) is 27.8. The fraction of sp³-hybridized carbons (Fsp3) is 0.258. The van der Waals surface area contributed by atoms with Crippen molar-refractivity contribution in [2.45, 2.75) is 39.5 Å². The number of carbonyl (C=O) groups excluding carboxylic acids is 2. The van der Waals surface area contributed by atoms with E-state index in [1.807, 2.05) is 61.5 Å². The summed E-state index contributed by atoms with van der Waals surface area (Å²) in [5.74, 6) is 0.0892. The van der Waals surface area contributed by atoms with Crippen LogP contribution in [0, 0.1) is 5.82 Å². The second-order valence-corrected chi connectivity index (χ2v) is 9.70. The van der Waals surface area contributed by atoms with Crippen LogP contribution in [0.5, 0.6) is 0 Å². The highest BCUT2D eigenvalue weighted by molar-refractivity contribution is 5.97. The molecule has 3 amide bonds. The van der Waals surface area contributed by atoms with E-state index in [0.717, 1.165) is 18.4 Å². The van der Waals surface area contributed by atoms with Crippen LogP contribution in [0.1, 0.15) is 45.1 Å². The molecule has 0 spiro atoms. The Bertz CT molecular complexity index is 1380. The van der Waals surface area contributed by atoms with Crippen LogP contribution >= 0.6 is 0 Å². The molecule has 3 aromatic carbocycles. The van der Waals surface area contributed by atoms with Crippen LogP contribution in [-0.2, 0) is 4.79 Å². The number of carbonyl (C=O) groups is 2. The van der Waals surface area contributed by atoms with Gasteiger partial charge < -0.3 is 15.5 Å². The molecule has 0 radical (unpaired) electrons. The van der Waals surface area contributed by atoms with Gasteiger partial charge in [0.15, 0.2) is 0 Å². The van der Waals surface area contributed by atoms with Crippen molar-refractivity contribution in [1.29, 1.82) is 0 Å². The highest BCUT2D eigenvalue weighted by atomic mass is 19.1. The Hall–Kier alpha value is -4.46. The van der Waals surface area contributed by atoms with Gasteiger partial charge in [0.1, 0.15) is 18.2 Å². The predicted molar refractivity (Wildman–Crippen MR) is 154 cm³/mol. The van der Waals surface area contributed by atoms with Gasteiger partial charge in [-0.05, 0) is 54.3 Å². The molecular weight excluding hydrogens is 493 g/mol. The summed E-state index contributed by atoms with van der Waals surface area (Å²) in [6.07, 6.45) is 1.64. The largest absolute Gasteiger partial charge is 0.322 e. The lowest BCUT2D eigenvalue weighted by molar-refractivity contribution is -0.116. The smallest absolute Gasteiger partial charge is 0.315 e. The second kappa shape index (κ2) is 12.9. The first kappa shape index (κ1) is 27.6. The molecule has 0 saturated carbocycles. The number of halogens is 1. The lowest BCUT2D eigenvalue weighted by Gasteiger charge is -2.22. The molecule has 0 saturated heterocycles. The number of amides is 3. The van der Waals surface area contributed by atoms with Crippen molar-refractivity contribution >= 4 is 23.4 Å². The van der Waals surface area contributed by atoms with Crippen molar-refractivity contribution in [1.82, 2.24) is 14.7 Å². The first-order chi connectivity index (χ1) is 18.8. The molecule has 0 fully saturated rings. The van der Waals surface area contributed by atoms with E-state index >= 15 is 0 Å². The average Bonchev–Trinajstić information content (AvgIpc) is 3.35. The van der Waals surface area contributed by atoms with E-state index < -0.39 is 0 Å². The second-order valence-electron chi connectivity index (χ2n) is 9.70. The minimum absolute atomic E-state index is 0.134. The van der Waals surface area contributed by atoms with Crippen molar-refractivity contribution in [2.75, 3.05) is 23.7 Å². The Morgan fingerprint density at radius 2 is 1.64 bits per heavy atom. The third-order valence-corrected chi connectivity index (χ3v) is 6.35. The SMILES string of the molecule is CCCCN(CC(=O)Nc1cc(-c2ccccc2)nn1-c1ccc(F)cc1)C(=O)Nc1ccc(C(C)C)cc1. The maximum absolute atomic E-state index is 13.6. The number of rotatable bonds is 10. The highest BCUT2D eigenvalue weighted by Crippen LogP contribution is 2.25. The lowest BCUT2D eigenvalue weighted by atomic mass is 10.0. The number of nitrogens with zero attached hydrogens (tertiary/aromatic N) is 3. The summed E-state index contributed by atoms with van der Waals surface area (Å²) in [7, 11) is 0. The quantitative estimate of drug-likeness (QED) is 0.231. The lowest BCUT2D eigenvalue weighted by Crippen LogP contribution is -2.41. The highest BCUT2D eigenvalue weighted by Gasteiger charge is 2.20. The average molecular weight is 528 g/mol. The van der Waals surface area contributed by atoms with Crippen molar-refractivity contribution in [3.05, 3.63) is 96.3 Å². The van der Waals surface area contributed by atoms with Crippen molar-refractivity contribution in [3.8, 4) is 16.9 Å². The molecule has 0 atom stereocenters. The molecule has 0 unspecified atom stereocenters. The number of urea groups is 1. The third-order valence-electron chi connectivity index (χ3n) is 6.35. The summed E-state index contributed by atoms with van der Waals surface area (Å²) >= 11 is 0. The Kier molecular flexibility index (Phi) is 9.10. The van der Waals surface area contributed by atoms with E-state index in [4.69, 9.17) is 0 Å². The van der Waals surface area contributed by atoms with Crippen LogP contribution in [0.25, 0.3) is 16.9 Å². The van der Waals surface area contributed by atoms with E-state index in [9.17, 15) is 14.0 Å². The van der Waals surface area contributed by atoms with E-state index in [0.29, 0.717) is 35.3 Å². The molecule has 0 aliphatic heterocycles. The van der Waals surface area contributed by atoms with Crippen LogP contribution in [-0.4, -0.2) is 39.7 Å². The maximum Gasteiger partial charge on any atom is 0.322 e. The van der Waals surface area contributed by atoms with Crippen LogP contribution in [0.2, 0.25) is 0 Å². The van der Waals surface area contributed by atoms with Gasteiger partial charge in [-0.25, -0.2) is 13.9 Å². The fourth-order valence-corrected chi connectivity index (χ4v) is 4.11. The molecule has 0 bridgehead atoms. The van der Waals surface area contributed by atoms with Gasteiger partial charge in [0.25, 0.3) is 0 Å². The van der Waals surface area contributed by atoms with Crippen molar-refractivity contribution < 1.29 is 14.0 Å². The topological polar surface area (TPSA) is 79.3 Å². The van der Waals surface area contributed by atoms with Gasteiger partial charge in [-0.3, -0.25) is 4.79 Å². The number of benzene rings is 3. The summed E-state index contributed by atoms with van der Waals surface area (Å²) in [5.41, 5.74) is 3.98. The number of nitrogens with one attached hydrogen (secondary N) is 2. The Morgan fingerprint density at radius 3 is 2.28 bits per heavy atom. The van der Waals surface area contributed by atoms with Crippen molar-refractivity contribution in [3.63, 3.8) is 0 Å². The molecule has 1 heterocycles. The zero-order valence-electron chi connectivity index (χ0n) is 22.5. The van der Waals surface area contributed by atoms with Gasteiger partial charge in [0.2, 0.25) is 5.91 Å². The van der Waals surface area contributed by atoms with E-state index in [1.165, 1.54) is 22.6 Å². The zero-order valence-corrected chi connectivity index (χ0v) is 22.5. The van der Waals surface area contributed by atoms with E-state index in [-0.39, 0.29) is 24.3 Å². The van der Waals surface area contributed by atoms with Gasteiger partial charge in [0, 0.05) is 23.9 Å². The molecule has 202 valence electrons. The van der Waals surface area contributed by atoms with Gasteiger partial charge in [-0.15, -0.1) is 0 Å². The number of anilines is 2. The number of aromatic nitrogens is 2. The molecule has 1 aromatic heterocycles. The van der Waals surface area contributed by atoms with Crippen molar-refractivity contribution in [2.24, 2.45) is 0 Å². The third kappa shape index (κ3) is 7.31. The monoisotopic (exact) mass is 527 g/mol. The minimum Gasteiger partial charge on any atom is -0.315 e. The van der Waals surface area contributed by atoms with Gasteiger partial charge >= 0.3 is 6.03 Å². The molecule has 0 aliphatic carbocycles. The molecule has 2 N–H and O–H groups in total. The number of unbranched alkanes of at least 4 members (excludes halogenated alkanes) is 1. The summed E-state index contributed by atoms with van der Waals surface area (Å²) < 4.78 is 15.1. The molecular formula is C31H34FN5O2. The molecule has 0 aliphatic rings. The van der Waals surface area contributed by atoms with Crippen LogP contribution in [0.4, 0.5) is 20.7 Å². The van der Waals surface area contributed by atoms with Crippen LogP contribution in [0.15, 0.2) is 84.9 Å². The first-order valence-corrected chi connectivity index (χ1v) is 13.2. The first-order valence-electron chi connectivity index (χ1n) is 13.2. The van der Waals surface area contributed by atoms with Crippen LogP contribution in [0.3, 0.4) is 0 Å². The van der Waals surface area contributed by atoms with E-state index in [1.54, 1.807) is 22.9 Å². The van der Waals surface area contributed by atoms with Gasteiger partial charge in [-0.1, -0.05) is 69.7 Å². The summed E-state index contributed by atoms with van der Waals surface area (Å²) in [6.45, 7) is 6.57. The number of hydrogen-bond acceptors (Lipinski definition) is 3. The molecule has 4 aromatic rings. The molecule has 39 heavy (non-hydrogen) atoms. The van der Waals surface area contributed by atoms with Gasteiger partial charge in [-0.2, -0.15) is 5.10 Å². The van der Waals surface area contributed by atoms with Gasteiger partial charge in [0.05, 0.1) is 11.4 Å². The maximum atomic E-state index is 13.6. The standard InChI is InChI=1S/C31H34FN5O2/c1-4-5-19-36(31(39)33-26-15-11-23(12-16-26)22(2)3)21-30(38)34-29-20-28(24-9-7-6-8-10-24)35-37(29)27-17-13-25(32)14-18-27/h6-18,20,22H,4-5,19,21H2,1-3H3,(H,33,39)(H,34,38). The van der Waals surface area contributed by atoms with E-state index in [2.05, 4.69) is 29.6 Å². The summed E-state index contributed by atoms with van der Waals surface area (Å²) in [4.78, 5) is 27.8. The Morgan fingerprint density at radius 1 is 0.949 bits per heavy atom. The molecule has 4 rings (SSSR count). The molecule has 8 heteroatoms. The summed E-state index contributed by atoms with van der Waals surface area (Å²) in [6, 6.07) is 24.6. The number of hydrogen-bond donors (Lipinski definition) is 2. The minimum atomic E-state index is -0.365. The summed E-state index contributed by atoms with van der Waals surface area (Å²) in [5, 5.41) is 10.5. The van der Waals surface area contributed by atoms with Crippen LogP contribution < -0.4 is 10.6 Å². The Balaban J connectivity index is 1.52. The predicted octanol–water partition coefficient (Wildman–Crippen LogP) is 7.07.